The van der Waals surface area contributed by atoms with Gasteiger partial charge in [-0.1, -0.05) is 23.2 Å². The van der Waals surface area contributed by atoms with Gasteiger partial charge in [0.05, 0.1) is 5.69 Å². The normalized spacial score (nSPS) is 10.5. The first kappa shape index (κ1) is 11.3. The van der Waals surface area contributed by atoms with Crippen LogP contribution >= 0.6 is 23.2 Å². The molecule has 0 aliphatic carbocycles. The summed E-state index contributed by atoms with van der Waals surface area (Å²) in [7, 11) is 1.86. The lowest BCUT2D eigenvalue weighted by Crippen LogP contribution is -1.94. The van der Waals surface area contributed by atoms with Crippen LogP contribution in [0, 0.1) is 6.92 Å². The van der Waals surface area contributed by atoms with Gasteiger partial charge in [-0.25, -0.2) is 0 Å². The van der Waals surface area contributed by atoms with Crippen LogP contribution in [-0.4, -0.2) is 9.78 Å². The maximum atomic E-state index is 6.12. The Bertz CT molecular complexity index is 503. The van der Waals surface area contributed by atoms with E-state index in [9.17, 15) is 0 Å². The molecule has 0 amide bonds. The van der Waals surface area contributed by atoms with E-state index in [1.807, 2.05) is 38.2 Å². The number of aromatic nitrogens is 2. The van der Waals surface area contributed by atoms with E-state index in [1.54, 1.807) is 4.68 Å². The molecule has 3 nitrogen and oxygen atoms in total. The molecule has 1 aromatic heterocycles. The summed E-state index contributed by atoms with van der Waals surface area (Å²) < 4.78 is 1.74. The fourth-order valence-corrected chi connectivity index (χ4v) is 1.67. The number of benzene rings is 1. The monoisotopic (exact) mass is 255 g/mol. The minimum Gasteiger partial charge on any atom is -0.337 e. The SMILES string of the molecule is Cc1c(Cl)c(Nc2ccc(Cl)cc2)nn1C. The zero-order valence-corrected chi connectivity index (χ0v) is 10.5. The molecule has 0 radical (unpaired) electrons. The molecule has 16 heavy (non-hydrogen) atoms. The van der Waals surface area contributed by atoms with Crippen molar-refractivity contribution in [1.82, 2.24) is 9.78 Å². The van der Waals surface area contributed by atoms with Crippen LogP contribution in [0.25, 0.3) is 0 Å². The molecule has 0 bridgehead atoms. The van der Waals surface area contributed by atoms with Crippen LogP contribution in [0.5, 0.6) is 0 Å². The van der Waals surface area contributed by atoms with E-state index < -0.39 is 0 Å². The zero-order valence-electron chi connectivity index (χ0n) is 8.96. The summed E-state index contributed by atoms with van der Waals surface area (Å²) >= 11 is 11.9. The molecular formula is C11H11Cl2N3. The van der Waals surface area contributed by atoms with Crippen LogP contribution in [0.4, 0.5) is 11.5 Å². The first-order chi connectivity index (χ1) is 7.58. The molecule has 0 aliphatic rings. The second kappa shape index (κ2) is 4.36. The molecule has 0 aliphatic heterocycles. The van der Waals surface area contributed by atoms with Crippen molar-refractivity contribution < 1.29 is 0 Å². The summed E-state index contributed by atoms with van der Waals surface area (Å²) in [5, 5.41) is 8.75. The van der Waals surface area contributed by atoms with Gasteiger partial charge in [0.2, 0.25) is 0 Å². The second-order valence-electron chi connectivity index (χ2n) is 3.50. The topological polar surface area (TPSA) is 29.9 Å². The Morgan fingerprint density at radius 3 is 2.31 bits per heavy atom. The van der Waals surface area contributed by atoms with Crippen molar-refractivity contribution in [3.05, 3.63) is 40.0 Å². The van der Waals surface area contributed by atoms with Gasteiger partial charge >= 0.3 is 0 Å². The van der Waals surface area contributed by atoms with E-state index in [4.69, 9.17) is 23.2 Å². The fourth-order valence-electron chi connectivity index (χ4n) is 1.33. The minimum absolute atomic E-state index is 0.637. The zero-order chi connectivity index (χ0) is 11.7. The van der Waals surface area contributed by atoms with Crippen molar-refractivity contribution in [3.63, 3.8) is 0 Å². The number of rotatable bonds is 2. The first-order valence-corrected chi connectivity index (χ1v) is 5.55. The number of nitrogens with zero attached hydrogens (tertiary/aromatic N) is 2. The Hall–Kier alpha value is -1.19. The fraction of sp³-hybridized carbons (Fsp3) is 0.182. The average Bonchev–Trinajstić information content (AvgIpc) is 2.50. The van der Waals surface area contributed by atoms with Gasteiger partial charge in [-0.15, -0.1) is 0 Å². The van der Waals surface area contributed by atoms with Crippen molar-refractivity contribution in [3.8, 4) is 0 Å². The molecule has 0 fully saturated rings. The highest BCUT2D eigenvalue weighted by Gasteiger charge is 2.10. The average molecular weight is 256 g/mol. The third kappa shape index (κ3) is 2.15. The standard InChI is InChI=1S/C11H11Cl2N3/c1-7-10(13)11(15-16(7)2)14-9-5-3-8(12)4-6-9/h3-6H,1-2H3,(H,14,15). The third-order valence-electron chi connectivity index (χ3n) is 2.37. The highest BCUT2D eigenvalue weighted by Crippen LogP contribution is 2.27. The van der Waals surface area contributed by atoms with E-state index in [0.29, 0.717) is 15.9 Å². The van der Waals surface area contributed by atoms with E-state index in [2.05, 4.69) is 10.4 Å². The Morgan fingerprint density at radius 1 is 1.19 bits per heavy atom. The van der Waals surface area contributed by atoms with Crippen molar-refractivity contribution in [1.29, 1.82) is 0 Å². The van der Waals surface area contributed by atoms with E-state index in [-0.39, 0.29) is 0 Å². The number of aryl methyl sites for hydroxylation is 1. The van der Waals surface area contributed by atoms with Gasteiger partial charge in [-0.2, -0.15) is 5.10 Å². The molecule has 1 N–H and O–H groups in total. The van der Waals surface area contributed by atoms with Gasteiger partial charge < -0.3 is 5.32 Å². The van der Waals surface area contributed by atoms with Crippen LogP contribution in [0.2, 0.25) is 10.0 Å². The summed E-state index contributed by atoms with van der Waals surface area (Å²) in [4.78, 5) is 0. The Kier molecular flexibility index (Phi) is 3.08. The lowest BCUT2D eigenvalue weighted by Gasteiger charge is -2.02. The summed E-state index contributed by atoms with van der Waals surface area (Å²) in [5.41, 5.74) is 1.84. The minimum atomic E-state index is 0.637. The predicted octanol–water partition coefficient (Wildman–Crippen LogP) is 3.78. The Balaban J connectivity index is 2.27. The molecule has 84 valence electrons. The van der Waals surface area contributed by atoms with Gasteiger partial charge in [0.15, 0.2) is 5.82 Å². The van der Waals surface area contributed by atoms with Crippen molar-refractivity contribution in [2.75, 3.05) is 5.32 Å². The van der Waals surface area contributed by atoms with E-state index in [0.717, 1.165) is 11.4 Å². The second-order valence-corrected chi connectivity index (χ2v) is 4.32. The molecule has 2 rings (SSSR count). The van der Waals surface area contributed by atoms with Crippen molar-refractivity contribution in [2.45, 2.75) is 6.92 Å². The van der Waals surface area contributed by atoms with Gasteiger partial charge in [-0.05, 0) is 31.2 Å². The van der Waals surface area contributed by atoms with Gasteiger partial charge in [0.25, 0.3) is 0 Å². The van der Waals surface area contributed by atoms with E-state index >= 15 is 0 Å². The summed E-state index contributed by atoms with van der Waals surface area (Å²) in [5.74, 6) is 0.656. The summed E-state index contributed by atoms with van der Waals surface area (Å²) in [6, 6.07) is 7.38. The van der Waals surface area contributed by atoms with Crippen LogP contribution in [-0.2, 0) is 7.05 Å². The lowest BCUT2D eigenvalue weighted by molar-refractivity contribution is 0.743. The highest BCUT2D eigenvalue weighted by molar-refractivity contribution is 6.33. The first-order valence-electron chi connectivity index (χ1n) is 4.79. The number of halogens is 2. The maximum absolute atomic E-state index is 6.12. The third-order valence-corrected chi connectivity index (χ3v) is 3.07. The van der Waals surface area contributed by atoms with Crippen LogP contribution in [0.3, 0.4) is 0 Å². The maximum Gasteiger partial charge on any atom is 0.171 e. The molecule has 2 aromatic rings. The number of hydrogen-bond donors (Lipinski definition) is 1. The van der Waals surface area contributed by atoms with Crippen LogP contribution in [0.15, 0.2) is 24.3 Å². The molecule has 5 heteroatoms. The molecule has 1 heterocycles. The van der Waals surface area contributed by atoms with Gasteiger partial charge in [0, 0.05) is 17.8 Å². The van der Waals surface area contributed by atoms with Gasteiger partial charge in [0.1, 0.15) is 5.02 Å². The number of anilines is 2. The molecular weight excluding hydrogens is 245 g/mol. The quantitative estimate of drug-likeness (QED) is 0.886. The van der Waals surface area contributed by atoms with Crippen LogP contribution in [0.1, 0.15) is 5.69 Å². The molecule has 0 spiro atoms. The number of nitrogens with one attached hydrogen (secondary N) is 1. The smallest absolute Gasteiger partial charge is 0.171 e. The molecule has 0 saturated carbocycles. The van der Waals surface area contributed by atoms with E-state index in [1.165, 1.54) is 0 Å². The summed E-state index contributed by atoms with van der Waals surface area (Å²) in [6.45, 7) is 1.92. The molecule has 0 atom stereocenters. The summed E-state index contributed by atoms with van der Waals surface area (Å²) in [6.07, 6.45) is 0. The molecule has 1 aromatic carbocycles. The number of hydrogen-bond acceptors (Lipinski definition) is 2. The Morgan fingerprint density at radius 2 is 1.81 bits per heavy atom. The lowest BCUT2D eigenvalue weighted by atomic mass is 10.3. The largest absolute Gasteiger partial charge is 0.337 e. The molecule has 0 saturated heterocycles. The Labute approximate surface area is 104 Å². The van der Waals surface area contributed by atoms with Crippen LogP contribution < -0.4 is 5.32 Å². The van der Waals surface area contributed by atoms with Crippen molar-refractivity contribution in [2.24, 2.45) is 7.05 Å². The van der Waals surface area contributed by atoms with Gasteiger partial charge in [-0.3, -0.25) is 4.68 Å². The molecule has 0 unspecified atom stereocenters. The highest BCUT2D eigenvalue weighted by atomic mass is 35.5. The predicted molar refractivity (Wildman–Crippen MR) is 67.7 cm³/mol. The van der Waals surface area contributed by atoms with Crippen molar-refractivity contribution >= 4 is 34.7 Å².